The van der Waals surface area contributed by atoms with Gasteiger partial charge in [0.25, 0.3) is 5.69 Å². The van der Waals surface area contributed by atoms with E-state index in [9.17, 15) is 10.1 Å². The van der Waals surface area contributed by atoms with Crippen LogP contribution >= 0.6 is 0 Å². The molecule has 0 atom stereocenters. The zero-order valence-electron chi connectivity index (χ0n) is 9.22. The third-order valence-corrected chi connectivity index (χ3v) is 2.74. The number of nitrogens with zero attached hydrogens (tertiary/aromatic N) is 2. The second-order valence-electron chi connectivity index (χ2n) is 3.83. The molecule has 2 rings (SSSR count). The number of nitro groups is 1. The summed E-state index contributed by atoms with van der Waals surface area (Å²) in [6.07, 6.45) is 4.13. The lowest BCUT2D eigenvalue weighted by molar-refractivity contribution is -0.383. The highest BCUT2D eigenvalue weighted by atomic mass is 16.6. The molecule has 0 N–H and O–H groups in total. The van der Waals surface area contributed by atoms with Crippen molar-refractivity contribution < 1.29 is 4.92 Å². The highest BCUT2D eigenvalue weighted by Gasteiger charge is 2.12. The number of nitro benzene ring substituents is 1. The molecule has 0 unspecified atom stereocenters. The topological polar surface area (TPSA) is 48.1 Å². The predicted octanol–water partition coefficient (Wildman–Crippen LogP) is 3.35. The van der Waals surface area contributed by atoms with Crippen molar-refractivity contribution in [3.63, 3.8) is 0 Å². The summed E-state index contributed by atoms with van der Waals surface area (Å²) in [5.41, 5.74) is 1.13. The average molecular weight is 218 g/mol. The van der Waals surface area contributed by atoms with Crippen LogP contribution in [0.25, 0.3) is 10.9 Å². The van der Waals surface area contributed by atoms with Crippen molar-refractivity contribution in [2.45, 2.75) is 26.3 Å². The van der Waals surface area contributed by atoms with Gasteiger partial charge in [0, 0.05) is 18.8 Å². The first-order valence-corrected chi connectivity index (χ1v) is 5.46. The summed E-state index contributed by atoms with van der Waals surface area (Å²) in [6, 6.07) is 7.04. The van der Waals surface area contributed by atoms with Crippen LogP contribution < -0.4 is 0 Å². The zero-order valence-corrected chi connectivity index (χ0v) is 9.22. The summed E-state index contributed by atoms with van der Waals surface area (Å²) < 4.78 is 2.08. The molecule has 0 spiro atoms. The van der Waals surface area contributed by atoms with Crippen molar-refractivity contribution in [2.24, 2.45) is 0 Å². The second kappa shape index (κ2) is 4.35. The standard InChI is InChI=1S/C12H14N2O2/c1-2-3-8-13-9-7-10-11(13)5-4-6-12(10)14(15)16/h4-7,9H,2-3,8H2,1H3. The van der Waals surface area contributed by atoms with Gasteiger partial charge in [0.1, 0.15) is 0 Å². The Morgan fingerprint density at radius 2 is 2.19 bits per heavy atom. The van der Waals surface area contributed by atoms with Crippen LogP contribution in [0.5, 0.6) is 0 Å². The van der Waals surface area contributed by atoms with E-state index in [0.717, 1.165) is 30.3 Å². The third-order valence-electron chi connectivity index (χ3n) is 2.74. The number of fused-ring (bicyclic) bond motifs is 1. The first-order chi connectivity index (χ1) is 7.74. The van der Waals surface area contributed by atoms with E-state index in [-0.39, 0.29) is 10.6 Å². The van der Waals surface area contributed by atoms with Gasteiger partial charge in [0.2, 0.25) is 0 Å². The molecule has 1 aromatic carbocycles. The Bertz CT molecular complexity index is 517. The number of aromatic nitrogens is 1. The van der Waals surface area contributed by atoms with E-state index in [1.165, 1.54) is 0 Å². The maximum absolute atomic E-state index is 10.8. The Kier molecular flexibility index (Phi) is 2.90. The minimum absolute atomic E-state index is 0.188. The summed E-state index contributed by atoms with van der Waals surface area (Å²) in [6.45, 7) is 3.05. The van der Waals surface area contributed by atoms with Crippen molar-refractivity contribution >= 4 is 16.6 Å². The summed E-state index contributed by atoms with van der Waals surface area (Å²) in [7, 11) is 0. The van der Waals surface area contributed by atoms with Gasteiger partial charge in [-0.2, -0.15) is 0 Å². The molecular formula is C12H14N2O2. The molecule has 0 aliphatic heterocycles. The monoisotopic (exact) mass is 218 g/mol. The maximum atomic E-state index is 10.8. The van der Waals surface area contributed by atoms with E-state index in [4.69, 9.17) is 0 Å². The first kappa shape index (κ1) is 10.7. The number of unbranched alkanes of at least 4 members (excludes halogenated alkanes) is 1. The van der Waals surface area contributed by atoms with E-state index in [1.54, 1.807) is 12.1 Å². The lowest BCUT2D eigenvalue weighted by Gasteiger charge is -2.03. The summed E-state index contributed by atoms with van der Waals surface area (Å²) in [5, 5.41) is 11.6. The quantitative estimate of drug-likeness (QED) is 0.583. The first-order valence-electron chi connectivity index (χ1n) is 5.46. The molecule has 1 heterocycles. The van der Waals surface area contributed by atoms with E-state index in [2.05, 4.69) is 11.5 Å². The molecule has 0 saturated carbocycles. The minimum Gasteiger partial charge on any atom is -0.347 e. The normalized spacial score (nSPS) is 10.8. The van der Waals surface area contributed by atoms with Crippen LogP contribution in [0.15, 0.2) is 30.5 Å². The molecule has 4 nitrogen and oxygen atoms in total. The molecule has 0 aliphatic rings. The molecule has 84 valence electrons. The fourth-order valence-corrected chi connectivity index (χ4v) is 1.89. The zero-order chi connectivity index (χ0) is 11.5. The minimum atomic E-state index is -0.327. The second-order valence-corrected chi connectivity index (χ2v) is 3.83. The third kappa shape index (κ3) is 1.78. The smallest absolute Gasteiger partial charge is 0.278 e. The Hall–Kier alpha value is -1.84. The van der Waals surface area contributed by atoms with Gasteiger partial charge in [-0.15, -0.1) is 0 Å². The lowest BCUT2D eigenvalue weighted by atomic mass is 10.2. The molecule has 1 aromatic heterocycles. The van der Waals surface area contributed by atoms with Gasteiger partial charge in [0.05, 0.1) is 15.8 Å². The Labute approximate surface area is 93.6 Å². The van der Waals surface area contributed by atoms with Crippen LogP contribution in [0.4, 0.5) is 5.69 Å². The van der Waals surface area contributed by atoms with Gasteiger partial charge >= 0.3 is 0 Å². The Morgan fingerprint density at radius 1 is 1.38 bits per heavy atom. The highest BCUT2D eigenvalue weighted by molar-refractivity contribution is 5.89. The van der Waals surface area contributed by atoms with Crippen LogP contribution in [0.2, 0.25) is 0 Å². The van der Waals surface area contributed by atoms with Crippen molar-refractivity contribution in [3.05, 3.63) is 40.6 Å². The Balaban J connectivity index is 2.48. The van der Waals surface area contributed by atoms with Crippen molar-refractivity contribution in [3.8, 4) is 0 Å². The predicted molar refractivity (Wildman–Crippen MR) is 63.5 cm³/mol. The highest BCUT2D eigenvalue weighted by Crippen LogP contribution is 2.26. The van der Waals surface area contributed by atoms with Crippen LogP contribution in [-0.2, 0) is 6.54 Å². The number of rotatable bonds is 4. The number of non-ortho nitro benzene ring substituents is 1. The Morgan fingerprint density at radius 3 is 2.88 bits per heavy atom. The van der Waals surface area contributed by atoms with E-state index < -0.39 is 0 Å². The number of hydrogen-bond donors (Lipinski definition) is 0. The molecule has 0 fully saturated rings. The fraction of sp³-hybridized carbons (Fsp3) is 0.333. The molecule has 0 aliphatic carbocycles. The number of aryl methyl sites for hydroxylation is 1. The molecule has 0 bridgehead atoms. The number of hydrogen-bond acceptors (Lipinski definition) is 2. The maximum Gasteiger partial charge on any atom is 0.278 e. The van der Waals surface area contributed by atoms with Gasteiger partial charge in [-0.05, 0) is 18.6 Å². The van der Waals surface area contributed by atoms with Crippen LogP contribution in [0.1, 0.15) is 19.8 Å². The van der Waals surface area contributed by atoms with Gasteiger partial charge in [-0.3, -0.25) is 10.1 Å². The molecule has 4 heteroatoms. The molecule has 0 saturated heterocycles. The van der Waals surface area contributed by atoms with Gasteiger partial charge in [0.15, 0.2) is 0 Å². The average Bonchev–Trinajstić information content (AvgIpc) is 2.69. The van der Waals surface area contributed by atoms with E-state index in [0.29, 0.717) is 0 Å². The van der Waals surface area contributed by atoms with E-state index in [1.807, 2.05) is 18.3 Å². The van der Waals surface area contributed by atoms with Crippen LogP contribution in [0, 0.1) is 10.1 Å². The van der Waals surface area contributed by atoms with E-state index >= 15 is 0 Å². The summed E-state index contributed by atoms with van der Waals surface area (Å²) in [4.78, 5) is 10.5. The van der Waals surface area contributed by atoms with Gasteiger partial charge < -0.3 is 4.57 Å². The molecule has 16 heavy (non-hydrogen) atoms. The fourth-order valence-electron chi connectivity index (χ4n) is 1.89. The molecular weight excluding hydrogens is 204 g/mol. The van der Waals surface area contributed by atoms with Crippen LogP contribution in [-0.4, -0.2) is 9.49 Å². The van der Waals surface area contributed by atoms with Gasteiger partial charge in [-0.1, -0.05) is 19.4 Å². The SMILES string of the molecule is CCCCn1ccc2c([N+](=O)[O-])cccc21. The number of benzene rings is 1. The summed E-state index contributed by atoms with van der Waals surface area (Å²) >= 11 is 0. The van der Waals surface area contributed by atoms with Crippen molar-refractivity contribution in [2.75, 3.05) is 0 Å². The lowest BCUT2D eigenvalue weighted by Crippen LogP contribution is -1.95. The summed E-state index contributed by atoms with van der Waals surface area (Å²) in [5.74, 6) is 0. The molecule has 0 radical (unpaired) electrons. The van der Waals surface area contributed by atoms with Crippen molar-refractivity contribution in [1.29, 1.82) is 0 Å². The largest absolute Gasteiger partial charge is 0.347 e. The molecule has 2 aromatic rings. The van der Waals surface area contributed by atoms with Gasteiger partial charge in [-0.25, -0.2) is 0 Å². The molecule has 0 amide bonds. The van der Waals surface area contributed by atoms with Crippen molar-refractivity contribution in [1.82, 2.24) is 4.57 Å². The van der Waals surface area contributed by atoms with Crippen LogP contribution in [0.3, 0.4) is 0 Å².